The van der Waals surface area contributed by atoms with Gasteiger partial charge in [-0.05, 0) is 36.5 Å². The number of thiol groups is 1. The Morgan fingerprint density at radius 3 is 2.47 bits per heavy atom. The van der Waals surface area contributed by atoms with Gasteiger partial charge in [-0.25, -0.2) is 9.97 Å². The quantitative estimate of drug-likeness (QED) is 0.511. The Labute approximate surface area is 113 Å². The maximum Gasteiger partial charge on any atom is 0.187 e. The van der Waals surface area contributed by atoms with E-state index in [0.717, 1.165) is 22.2 Å². The maximum atomic E-state index is 4.56. The summed E-state index contributed by atoms with van der Waals surface area (Å²) < 4.78 is 0. The standard InChI is InChI=1S/C13H20N2S2/c1-11-7-14-12(15-8-11)17-10-13(9-16)5-3-2-4-6-13/h7-8,16H,2-6,9-10H2,1H3. The molecule has 1 saturated carbocycles. The Morgan fingerprint density at radius 1 is 1.24 bits per heavy atom. The molecule has 17 heavy (non-hydrogen) atoms. The number of aryl methyl sites for hydroxylation is 1. The lowest BCUT2D eigenvalue weighted by Crippen LogP contribution is -2.28. The SMILES string of the molecule is Cc1cnc(SCC2(CS)CCCCC2)nc1. The molecule has 0 N–H and O–H groups in total. The molecule has 0 radical (unpaired) electrons. The third kappa shape index (κ3) is 3.62. The summed E-state index contributed by atoms with van der Waals surface area (Å²) in [6.07, 6.45) is 10.5. The predicted octanol–water partition coefficient (Wildman–Crippen LogP) is 3.76. The molecular formula is C13H20N2S2. The first-order valence-electron chi connectivity index (χ1n) is 6.26. The van der Waals surface area contributed by atoms with Gasteiger partial charge in [-0.1, -0.05) is 31.0 Å². The van der Waals surface area contributed by atoms with Crippen molar-refractivity contribution in [1.82, 2.24) is 9.97 Å². The third-order valence-electron chi connectivity index (χ3n) is 3.51. The van der Waals surface area contributed by atoms with E-state index < -0.39 is 0 Å². The average molecular weight is 268 g/mol. The van der Waals surface area contributed by atoms with Crippen molar-refractivity contribution in [2.45, 2.75) is 44.2 Å². The van der Waals surface area contributed by atoms with E-state index >= 15 is 0 Å². The number of aromatic nitrogens is 2. The van der Waals surface area contributed by atoms with Crippen LogP contribution >= 0.6 is 24.4 Å². The number of hydrogen-bond acceptors (Lipinski definition) is 4. The minimum atomic E-state index is 0.417. The molecule has 2 rings (SSSR count). The number of nitrogens with zero attached hydrogens (tertiary/aromatic N) is 2. The fourth-order valence-electron chi connectivity index (χ4n) is 2.32. The first-order valence-corrected chi connectivity index (χ1v) is 7.88. The maximum absolute atomic E-state index is 4.56. The van der Waals surface area contributed by atoms with E-state index in [2.05, 4.69) is 22.6 Å². The highest BCUT2D eigenvalue weighted by Gasteiger charge is 2.30. The highest BCUT2D eigenvalue weighted by atomic mass is 32.2. The molecule has 1 aliphatic rings. The van der Waals surface area contributed by atoms with E-state index in [4.69, 9.17) is 0 Å². The highest BCUT2D eigenvalue weighted by Crippen LogP contribution is 2.40. The molecule has 4 heteroatoms. The third-order valence-corrected chi connectivity index (χ3v) is 5.41. The molecule has 1 aromatic heterocycles. The molecule has 0 bridgehead atoms. The fourth-order valence-corrected chi connectivity index (χ4v) is 3.98. The number of hydrogen-bond donors (Lipinski definition) is 1. The molecule has 0 unspecified atom stereocenters. The van der Waals surface area contributed by atoms with Gasteiger partial charge < -0.3 is 0 Å². The predicted molar refractivity (Wildman–Crippen MR) is 76.9 cm³/mol. The summed E-state index contributed by atoms with van der Waals surface area (Å²) in [6, 6.07) is 0. The topological polar surface area (TPSA) is 25.8 Å². The Bertz CT molecular complexity index is 345. The second kappa shape index (κ2) is 6.10. The molecule has 1 aromatic rings. The molecule has 2 nitrogen and oxygen atoms in total. The summed E-state index contributed by atoms with van der Waals surface area (Å²) in [4.78, 5) is 8.71. The summed E-state index contributed by atoms with van der Waals surface area (Å²) in [5.41, 5.74) is 1.54. The van der Waals surface area contributed by atoms with Crippen molar-refractivity contribution in [2.75, 3.05) is 11.5 Å². The van der Waals surface area contributed by atoms with Crippen LogP contribution in [0.25, 0.3) is 0 Å². The highest BCUT2D eigenvalue weighted by molar-refractivity contribution is 7.99. The van der Waals surface area contributed by atoms with Crippen molar-refractivity contribution in [3.05, 3.63) is 18.0 Å². The second-order valence-electron chi connectivity index (χ2n) is 5.05. The van der Waals surface area contributed by atoms with Crippen LogP contribution in [0.1, 0.15) is 37.7 Å². The van der Waals surface area contributed by atoms with Gasteiger partial charge in [-0.2, -0.15) is 12.6 Å². The fraction of sp³-hybridized carbons (Fsp3) is 0.692. The van der Waals surface area contributed by atoms with E-state index in [1.807, 2.05) is 19.3 Å². The van der Waals surface area contributed by atoms with Gasteiger partial charge >= 0.3 is 0 Å². The summed E-state index contributed by atoms with van der Waals surface area (Å²) in [6.45, 7) is 2.02. The van der Waals surface area contributed by atoms with Crippen LogP contribution in [0, 0.1) is 12.3 Å². The number of rotatable bonds is 4. The Balaban J connectivity index is 1.93. The van der Waals surface area contributed by atoms with Crippen molar-refractivity contribution in [3.8, 4) is 0 Å². The zero-order valence-corrected chi connectivity index (χ0v) is 12.1. The average Bonchev–Trinajstić information content (AvgIpc) is 2.39. The van der Waals surface area contributed by atoms with Crippen LogP contribution < -0.4 is 0 Å². The van der Waals surface area contributed by atoms with E-state index in [-0.39, 0.29) is 0 Å². The van der Waals surface area contributed by atoms with Crippen LogP contribution in [0.15, 0.2) is 17.6 Å². The molecule has 0 spiro atoms. The lowest BCUT2D eigenvalue weighted by molar-refractivity contribution is 0.258. The molecule has 0 aromatic carbocycles. The van der Waals surface area contributed by atoms with Crippen molar-refractivity contribution in [3.63, 3.8) is 0 Å². The summed E-state index contributed by atoms with van der Waals surface area (Å²) >= 11 is 6.35. The molecule has 0 aliphatic heterocycles. The minimum absolute atomic E-state index is 0.417. The molecule has 1 fully saturated rings. The normalized spacial score (nSPS) is 19.2. The van der Waals surface area contributed by atoms with Crippen molar-refractivity contribution >= 4 is 24.4 Å². The van der Waals surface area contributed by atoms with Crippen LogP contribution in [0.5, 0.6) is 0 Å². The molecule has 0 saturated heterocycles. The van der Waals surface area contributed by atoms with Crippen molar-refractivity contribution in [2.24, 2.45) is 5.41 Å². The van der Waals surface area contributed by atoms with Crippen LogP contribution in [0.2, 0.25) is 0 Å². The Hall–Kier alpha value is -0.220. The molecule has 1 heterocycles. The molecule has 1 aliphatic carbocycles. The van der Waals surface area contributed by atoms with Crippen molar-refractivity contribution < 1.29 is 0 Å². The summed E-state index contributed by atoms with van der Waals surface area (Å²) in [5, 5.41) is 0.905. The van der Waals surface area contributed by atoms with E-state index in [0.29, 0.717) is 5.41 Å². The van der Waals surface area contributed by atoms with E-state index in [1.165, 1.54) is 32.1 Å². The first-order chi connectivity index (χ1) is 8.24. The van der Waals surface area contributed by atoms with Crippen LogP contribution in [0.4, 0.5) is 0 Å². The summed E-state index contributed by atoms with van der Waals surface area (Å²) in [7, 11) is 0. The smallest absolute Gasteiger partial charge is 0.187 e. The van der Waals surface area contributed by atoms with Crippen LogP contribution in [-0.4, -0.2) is 21.5 Å². The molecular weight excluding hydrogens is 248 g/mol. The first kappa shape index (κ1) is 13.2. The lowest BCUT2D eigenvalue weighted by Gasteiger charge is -2.35. The largest absolute Gasteiger partial charge is 0.231 e. The lowest BCUT2D eigenvalue weighted by atomic mass is 9.77. The van der Waals surface area contributed by atoms with Gasteiger partial charge in [0.25, 0.3) is 0 Å². The number of thioether (sulfide) groups is 1. The van der Waals surface area contributed by atoms with Gasteiger partial charge in [0.1, 0.15) is 0 Å². The second-order valence-corrected chi connectivity index (χ2v) is 6.31. The van der Waals surface area contributed by atoms with E-state index in [1.54, 1.807) is 11.8 Å². The van der Waals surface area contributed by atoms with Gasteiger partial charge in [0.15, 0.2) is 5.16 Å². The van der Waals surface area contributed by atoms with Gasteiger partial charge in [-0.3, -0.25) is 0 Å². The van der Waals surface area contributed by atoms with Crippen LogP contribution in [0.3, 0.4) is 0 Å². The Kier molecular flexibility index (Phi) is 4.74. The van der Waals surface area contributed by atoms with Gasteiger partial charge in [0.2, 0.25) is 0 Å². The van der Waals surface area contributed by atoms with Gasteiger partial charge in [-0.15, -0.1) is 0 Å². The molecule has 94 valence electrons. The monoisotopic (exact) mass is 268 g/mol. The molecule has 0 amide bonds. The zero-order chi connectivity index (χ0) is 12.1. The van der Waals surface area contributed by atoms with Gasteiger partial charge in [0.05, 0.1) is 0 Å². The van der Waals surface area contributed by atoms with Crippen LogP contribution in [-0.2, 0) is 0 Å². The minimum Gasteiger partial charge on any atom is -0.231 e. The van der Waals surface area contributed by atoms with E-state index in [9.17, 15) is 0 Å². The zero-order valence-electron chi connectivity index (χ0n) is 10.4. The Morgan fingerprint density at radius 2 is 1.88 bits per heavy atom. The molecule has 0 atom stereocenters. The summed E-state index contributed by atoms with van der Waals surface area (Å²) in [5.74, 6) is 2.10. The van der Waals surface area contributed by atoms with Gasteiger partial charge in [0, 0.05) is 18.1 Å². The van der Waals surface area contributed by atoms with Crippen molar-refractivity contribution in [1.29, 1.82) is 0 Å².